The summed E-state index contributed by atoms with van der Waals surface area (Å²) in [6.07, 6.45) is 2.12. The number of fused-ring (bicyclic) bond motifs is 1. The van der Waals surface area contributed by atoms with Crippen molar-refractivity contribution in [2.45, 2.75) is 51.9 Å². The van der Waals surface area contributed by atoms with Crippen LogP contribution in [0, 0.1) is 0 Å². The van der Waals surface area contributed by atoms with Crippen molar-refractivity contribution < 1.29 is 9.84 Å². The summed E-state index contributed by atoms with van der Waals surface area (Å²) in [5.41, 5.74) is 5.70. The minimum atomic E-state index is -1.34. The fourth-order valence-electron chi connectivity index (χ4n) is 3.36. The molecule has 134 valence electrons. The van der Waals surface area contributed by atoms with E-state index in [1.807, 2.05) is 25.1 Å². The molecule has 0 aromatic heterocycles. The van der Waals surface area contributed by atoms with Crippen molar-refractivity contribution in [3.05, 3.63) is 64.4 Å². The predicted octanol–water partition coefficient (Wildman–Crippen LogP) is 4.25. The molecule has 0 radical (unpaired) electrons. The van der Waals surface area contributed by atoms with Gasteiger partial charge >= 0.3 is 0 Å². The Morgan fingerprint density at radius 2 is 1.84 bits per heavy atom. The molecule has 3 nitrogen and oxygen atoms in total. The second-order valence-corrected chi connectivity index (χ2v) is 13.9. The number of allylic oxidation sites excluding steroid dienone is 3. The zero-order chi connectivity index (χ0) is 18.4. The first-order valence-corrected chi connectivity index (χ1v) is 12.5. The van der Waals surface area contributed by atoms with Crippen molar-refractivity contribution in [1.29, 1.82) is 0 Å². The quantitative estimate of drug-likeness (QED) is 0.776. The number of aliphatic hydroxyl groups is 1. The maximum atomic E-state index is 11.0. The third-order valence-electron chi connectivity index (χ3n) is 5.28. The van der Waals surface area contributed by atoms with Crippen LogP contribution in [0.5, 0.6) is 0 Å². The van der Waals surface area contributed by atoms with Crippen LogP contribution in [0.4, 0.5) is 0 Å². The lowest BCUT2D eigenvalue weighted by atomic mass is 9.91. The maximum Gasteiger partial charge on any atom is 0.160 e. The van der Waals surface area contributed by atoms with Gasteiger partial charge in [-0.25, -0.2) is 0 Å². The van der Waals surface area contributed by atoms with Gasteiger partial charge in [0.2, 0.25) is 0 Å². The van der Waals surface area contributed by atoms with Crippen molar-refractivity contribution in [2.24, 2.45) is 0 Å². The molecule has 0 amide bonds. The van der Waals surface area contributed by atoms with Gasteiger partial charge in [0, 0.05) is 22.6 Å². The van der Waals surface area contributed by atoms with Crippen molar-refractivity contribution in [1.82, 2.24) is 5.32 Å². The molecule has 1 heterocycles. The molecule has 0 fully saturated rings. The van der Waals surface area contributed by atoms with Crippen LogP contribution in [-0.4, -0.2) is 31.2 Å². The fourth-order valence-corrected chi connectivity index (χ4v) is 3.95. The second-order valence-electron chi connectivity index (χ2n) is 8.35. The van der Waals surface area contributed by atoms with Gasteiger partial charge < -0.3 is 15.2 Å². The number of ether oxygens (including phenoxy) is 1. The van der Waals surface area contributed by atoms with Gasteiger partial charge in [-0.15, -0.1) is 0 Å². The van der Waals surface area contributed by atoms with E-state index in [1.165, 1.54) is 11.1 Å². The molecular weight excluding hydrogens is 326 g/mol. The average Bonchev–Trinajstić information content (AvgIpc) is 2.93. The van der Waals surface area contributed by atoms with Crippen molar-refractivity contribution in [2.75, 3.05) is 6.61 Å². The number of nitrogens with one attached hydrogen (secondary N) is 1. The van der Waals surface area contributed by atoms with Crippen molar-refractivity contribution in [3.8, 4) is 0 Å². The fraction of sp³-hybridized carbons (Fsp3) is 0.429. The molecule has 1 aromatic rings. The van der Waals surface area contributed by atoms with E-state index in [-0.39, 0.29) is 5.73 Å². The molecule has 1 aliphatic carbocycles. The molecule has 3 rings (SSSR count). The van der Waals surface area contributed by atoms with Gasteiger partial charge in [0.1, 0.15) is 0 Å². The molecule has 0 bridgehead atoms. The normalized spacial score (nSPS) is 24.4. The largest absolute Gasteiger partial charge is 0.377 e. The van der Waals surface area contributed by atoms with Gasteiger partial charge in [-0.2, -0.15) is 0 Å². The van der Waals surface area contributed by atoms with Crippen molar-refractivity contribution in [3.63, 3.8) is 0 Å². The first kappa shape index (κ1) is 18.2. The molecule has 2 unspecified atom stereocenters. The van der Waals surface area contributed by atoms with Crippen LogP contribution in [-0.2, 0) is 4.74 Å². The monoisotopic (exact) mass is 355 g/mol. The predicted molar refractivity (Wildman–Crippen MR) is 107 cm³/mol. The number of hydrogen-bond donors (Lipinski definition) is 2. The average molecular weight is 356 g/mol. The lowest BCUT2D eigenvalue weighted by Crippen LogP contribution is -2.38. The molecule has 0 saturated heterocycles. The number of rotatable bonds is 5. The third-order valence-corrected chi connectivity index (χ3v) is 7.89. The van der Waals surface area contributed by atoms with Crippen molar-refractivity contribution >= 4 is 13.6 Å². The molecule has 2 aliphatic rings. The van der Waals surface area contributed by atoms with Crippen LogP contribution in [0.15, 0.2) is 58.8 Å². The molecule has 0 saturated carbocycles. The smallest absolute Gasteiger partial charge is 0.160 e. The van der Waals surface area contributed by atoms with Crippen LogP contribution in [0.2, 0.25) is 19.6 Å². The third kappa shape index (κ3) is 3.39. The molecule has 4 heteroatoms. The summed E-state index contributed by atoms with van der Waals surface area (Å²) in [5.74, 6) is 0. The highest BCUT2D eigenvalue weighted by molar-refractivity contribution is 6.77. The van der Waals surface area contributed by atoms with Crippen LogP contribution < -0.4 is 5.32 Å². The highest BCUT2D eigenvalue weighted by Crippen LogP contribution is 2.45. The van der Waals surface area contributed by atoms with E-state index in [0.29, 0.717) is 6.61 Å². The summed E-state index contributed by atoms with van der Waals surface area (Å²) < 4.78 is 6.25. The zero-order valence-electron chi connectivity index (χ0n) is 16.1. The highest BCUT2D eigenvalue weighted by atomic mass is 28.3. The first-order valence-electron chi connectivity index (χ1n) is 8.96. The van der Waals surface area contributed by atoms with Gasteiger partial charge in [-0.1, -0.05) is 50.0 Å². The summed E-state index contributed by atoms with van der Waals surface area (Å²) in [6, 6.07) is 10.1. The van der Waals surface area contributed by atoms with Crippen LogP contribution in [0.1, 0.15) is 26.3 Å². The molecule has 0 spiro atoms. The lowest BCUT2D eigenvalue weighted by Gasteiger charge is -2.26. The van der Waals surface area contributed by atoms with E-state index >= 15 is 0 Å². The Hall–Kier alpha value is -1.62. The maximum absolute atomic E-state index is 11.0. The molecule has 2 atom stereocenters. The zero-order valence-corrected chi connectivity index (χ0v) is 17.1. The SMILES string of the molecule is CC1=C(COC(C)[Si](C)(C)C)C2=C(c3ccccc3)C(C)(O)NC2=C1. The number of hydrogen-bond acceptors (Lipinski definition) is 3. The second kappa shape index (κ2) is 6.27. The topological polar surface area (TPSA) is 41.5 Å². The Morgan fingerprint density at radius 1 is 1.20 bits per heavy atom. The number of benzene rings is 1. The first-order chi connectivity index (χ1) is 11.6. The summed E-state index contributed by atoms with van der Waals surface area (Å²) >= 11 is 0. The van der Waals surface area contributed by atoms with E-state index in [1.54, 1.807) is 0 Å². The summed E-state index contributed by atoms with van der Waals surface area (Å²) in [4.78, 5) is 0. The minimum absolute atomic E-state index is 0.285. The Labute approximate surface area is 152 Å². The van der Waals surface area contributed by atoms with E-state index in [2.05, 4.69) is 57.0 Å². The van der Waals surface area contributed by atoms with Gasteiger partial charge in [-0.05, 0) is 43.6 Å². The van der Waals surface area contributed by atoms with Gasteiger partial charge in [0.05, 0.1) is 14.7 Å². The standard InChI is InChI=1S/C21H29NO2Si/c1-14-12-18-19(17(14)13-24-15(2)25(4,5)6)20(21(3,23)22-18)16-10-8-7-9-11-16/h7-12,15,22-23H,13H2,1-6H3. The summed E-state index contributed by atoms with van der Waals surface area (Å²) in [5, 5.41) is 14.2. The molecule has 1 aliphatic heterocycles. The Kier molecular flexibility index (Phi) is 4.56. The van der Waals surface area contributed by atoms with Crippen LogP contribution >= 0.6 is 0 Å². The van der Waals surface area contributed by atoms with E-state index in [0.717, 1.165) is 22.4 Å². The summed E-state index contributed by atoms with van der Waals surface area (Å²) in [7, 11) is -1.34. The Morgan fingerprint density at radius 3 is 2.44 bits per heavy atom. The van der Waals surface area contributed by atoms with E-state index < -0.39 is 13.8 Å². The van der Waals surface area contributed by atoms with Crippen LogP contribution in [0.3, 0.4) is 0 Å². The highest BCUT2D eigenvalue weighted by Gasteiger charge is 2.41. The van der Waals surface area contributed by atoms with E-state index in [4.69, 9.17) is 4.74 Å². The van der Waals surface area contributed by atoms with Crippen LogP contribution in [0.25, 0.3) is 5.57 Å². The minimum Gasteiger partial charge on any atom is -0.377 e. The van der Waals surface area contributed by atoms with E-state index in [9.17, 15) is 5.11 Å². The van der Waals surface area contributed by atoms with Gasteiger partial charge in [0.25, 0.3) is 0 Å². The molecule has 1 aromatic carbocycles. The van der Waals surface area contributed by atoms with Gasteiger partial charge in [0.15, 0.2) is 5.72 Å². The van der Waals surface area contributed by atoms with Gasteiger partial charge in [-0.3, -0.25) is 0 Å². The molecule has 25 heavy (non-hydrogen) atoms. The Bertz CT molecular complexity index is 767. The lowest BCUT2D eigenvalue weighted by molar-refractivity contribution is 0.103. The molecular formula is C21H29NO2Si. The summed E-state index contributed by atoms with van der Waals surface area (Å²) in [6.45, 7) is 13.7. The Balaban J connectivity index is 1.99. The molecule has 2 N–H and O–H groups in total.